The third kappa shape index (κ3) is 2.97. The van der Waals surface area contributed by atoms with Crippen molar-refractivity contribution in [2.75, 3.05) is 31.2 Å². The van der Waals surface area contributed by atoms with Gasteiger partial charge in [0.2, 0.25) is 0 Å². The van der Waals surface area contributed by atoms with Gasteiger partial charge >= 0.3 is 0 Å². The van der Waals surface area contributed by atoms with E-state index in [2.05, 4.69) is 29.9 Å². The Morgan fingerprint density at radius 2 is 1.85 bits per heavy atom. The van der Waals surface area contributed by atoms with Gasteiger partial charge in [0.15, 0.2) is 5.82 Å². The maximum absolute atomic E-state index is 5.47. The highest BCUT2D eigenvalue weighted by Gasteiger charge is 2.19. The zero-order valence-electron chi connectivity index (χ0n) is 14.4. The molecule has 0 spiro atoms. The Hall–Kier alpha value is -3.46. The van der Waals surface area contributed by atoms with Crippen LogP contribution < -0.4 is 4.90 Å². The van der Waals surface area contributed by atoms with Crippen LogP contribution in [-0.4, -0.2) is 61.0 Å². The van der Waals surface area contributed by atoms with Gasteiger partial charge in [0.25, 0.3) is 5.95 Å². The second-order valence-electron chi connectivity index (χ2n) is 6.09. The molecule has 1 saturated heterocycles. The van der Waals surface area contributed by atoms with E-state index in [1.54, 1.807) is 23.3 Å². The fraction of sp³-hybridized carbons (Fsp3) is 0.222. The summed E-state index contributed by atoms with van der Waals surface area (Å²) >= 11 is 0. The molecular formula is C18H16N8O. The fourth-order valence-electron chi connectivity index (χ4n) is 3.06. The minimum atomic E-state index is 0.500. The number of pyridine rings is 1. The first-order valence-corrected chi connectivity index (χ1v) is 8.65. The number of ether oxygens (including phenoxy) is 1. The zero-order valence-corrected chi connectivity index (χ0v) is 14.4. The van der Waals surface area contributed by atoms with Crippen molar-refractivity contribution in [3.8, 4) is 17.2 Å². The molecule has 1 aliphatic rings. The third-order valence-electron chi connectivity index (χ3n) is 4.39. The summed E-state index contributed by atoms with van der Waals surface area (Å²) in [7, 11) is 0. The standard InChI is InChI=1S/C18H16N8O/c1-2-15-16(21-4-1)17(25-6-8-27-9-7-25)23-18(22-15)26-5-3-14(24-26)13-10-19-12-20-11-13/h1-5,10-12H,6-9H2. The summed E-state index contributed by atoms with van der Waals surface area (Å²) in [6, 6.07) is 5.70. The van der Waals surface area contributed by atoms with Crippen molar-refractivity contribution >= 4 is 16.9 Å². The van der Waals surface area contributed by atoms with Crippen LogP contribution in [0.3, 0.4) is 0 Å². The summed E-state index contributed by atoms with van der Waals surface area (Å²) < 4.78 is 7.13. The first kappa shape index (κ1) is 15.8. The summed E-state index contributed by atoms with van der Waals surface area (Å²) in [5, 5.41) is 4.59. The number of hydrogen-bond acceptors (Lipinski definition) is 8. The number of rotatable bonds is 3. The highest BCUT2D eigenvalue weighted by atomic mass is 16.5. The largest absolute Gasteiger partial charge is 0.378 e. The van der Waals surface area contributed by atoms with Crippen LogP contribution in [0.15, 0.2) is 49.3 Å². The van der Waals surface area contributed by atoms with Crippen LogP contribution in [0.2, 0.25) is 0 Å². The van der Waals surface area contributed by atoms with Gasteiger partial charge in [-0.25, -0.2) is 19.6 Å². The van der Waals surface area contributed by atoms with Crippen LogP contribution in [0.4, 0.5) is 5.82 Å². The Morgan fingerprint density at radius 1 is 1.00 bits per heavy atom. The molecule has 0 saturated carbocycles. The smallest absolute Gasteiger partial charge is 0.253 e. The van der Waals surface area contributed by atoms with E-state index in [0.29, 0.717) is 19.2 Å². The predicted molar refractivity (Wildman–Crippen MR) is 98.5 cm³/mol. The average Bonchev–Trinajstić information content (AvgIpc) is 3.25. The van der Waals surface area contributed by atoms with E-state index in [1.165, 1.54) is 6.33 Å². The summed E-state index contributed by atoms with van der Waals surface area (Å²) in [5.41, 5.74) is 3.17. The normalized spacial score (nSPS) is 14.6. The molecule has 0 aliphatic carbocycles. The average molecular weight is 360 g/mol. The molecular weight excluding hydrogens is 344 g/mol. The van der Waals surface area contributed by atoms with Crippen LogP contribution >= 0.6 is 0 Å². The van der Waals surface area contributed by atoms with E-state index < -0.39 is 0 Å². The Kier molecular flexibility index (Phi) is 3.91. The van der Waals surface area contributed by atoms with Gasteiger partial charge in [-0.3, -0.25) is 4.98 Å². The molecule has 0 unspecified atom stereocenters. The summed E-state index contributed by atoms with van der Waals surface area (Å²) in [6.07, 6.45) is 8.54. The highest BCUT2D eigenvalue weighted by molar-refractivity contribution is 5.86. The molecule has 5 heterocycles. The molecule has 9 heteroatoms. The summed E-state index contributed by atoms with van der Waals surface area (Å²) in [6.45, 7) is 2.89. The van der Waals surface area contributed by atoms with Gasteiger partial charge in [0.1, 0.15) is 11.8 Å². The molecule has 1 aliphatic heterocycles. The van der Waals surface area contributed by atoms with Crippen LogP contribution in [0.5, 0.6) is 0 Å². The molecule has 0 amide bonds. The van der Waals surface area contributed by atoms with Crippen LogP contribution in [0.1, 0.15) is 0 Å². The number of anilines is 1. The molecule has 5 rings (SSSR count). The van der Waals surface area contributed by atoms with Gasteiger partial charge in [0, 0.05) is 43.4 Å². The molecule has 0 aromatic carbocycles. The van der Waals surface area contributed by atoms with Gasteiger partial charge in [-0.2, -0.15) is 10.1 Å². The van der Waals surface area contributed by atoms with E-state index in [-0.39, 0.29) is 0 Å². The number of nitrogens with zero attached hydrogens (tertiary/aromatic N) is 8. The Labute approximate surface area is 154 Å². The second kappa shape index (κ2) is 6.69. The van der Waals surface area contributed by atoms with E-state index in [4.69, 9.17) is 9.72 Å². The van der Waals surface area contributed by atoms with Gasteiger partial charge < -0.3 is 9.64 Å². The number of aromatic nitrogens is 7. The van der Waals surface area contributed by atoms with Gasteiger partial charge in [-0.1, -0.05) is 0 Å². The Bertz CT molecular complexity index is 1080. The van der Waals surface area contributed by atoms with Gasteiger partial charge in [-0.05, 0) is 18.2 Å². The maximum atomic E-state index is 5.47. The van der Waals surface area contributed by atoms with E-state index in [9.17, 15) is 0 Å². The van der Waals surface area contributed by atoms with Crippen molar-refractivity contribution in [2.45, 2.75) is 0 Å². The molecule has 27 heavy (non-hydrogen) atoms. The Morgan fingerprint density at radius 3 is 2.70 bits per heavy atom. The van der Waals surface area contributed by atoms with Crippen LogP contribution in [-0.2, 0) is 4.74 Å². The number of fused-ring (bicyclic) bond motifs is 1. The van der Waals surface area contributed by atoms with Crippen LogP contribution in [0.25, 0.3) is 28.2 Å². The molecule has 4 aromatic heterocycles. The number of hydrogen-bond donors (Lipinski definition) is 0. The van der Waals surface area contributed by atoms with Crippen molar-refractivity contribution in [2.24, 2.45) is 0 Å². The zero-order chi connectivity index (χ0) is 18.1. The summed E-state index contributed by atoms with van der Waals surface area (Å²) in [4.78, 5) is 24.2. The lowest BCUT2D eigenvalue weighted by Gasteiger charge is -2.28. The molecule has 1 fully saturated rings. The lowest BCUT2D eigenvalue weighted by Crippen LogP contribution is -2.37. The SMILES string of the molecule is c1cnc2c(N3CCOCC3)nc(-n3ccc(-c4cncnc4)n3)nc2c1. The topological polar surface area (TPSA) is 94.7 Å². The van der Waals surface area contributed by atoms with E-state index in [0.717, 1.165) is 41.2 Å². The molecule has 0 atom stereocenters. The number of morpholine rings is 1. The highest BCUT2D eigenvalue weighted by Crippen LogP contribution is 2.24. The van der Waals surface area contributed by atoms with E-state index in [1.807, 2.05) is 24.4 Å². The minimum Gasteiger partial charge on any atom is -0.378 e. The molecule has 0 radical (unpaired) electrons. The van der Waals surface area contributed by atoms with Crippen molar-refractivity contribution in [3.05, 3.63) is 49.3 Å². The quantitative estimate of drug-likeness (QED) is 0.542. The first-order valence-electron chi connectivity index (χ1n) is 8.65. The van der Waals surface area contributed by atoms with Crippen molar-refractivity contribution in [1.29, 1.82) is 0 Å². The van der Waals surface area contributed by atoms with Crippen molar-refractivity contribution in [3.63, 3.8) is 0 Å². The lowest BCUT2D eigenvalue weighted by molar-refractivity contribution is 0.122. The van der Waals surface area contributed by atoms with Gasteiger partial charge in [0.05, 0.1) is 24.4 Å². The Balaban J connectivity index is 1.60. The fourth-order valence-corrected chi connectivity index (χ4v) is 3.06. The third-order valence-corrected chi connectivity index (χ3v) is 4.39. The molecule has 0 bridgehead atoms. The van der Waals surface area contributed by atoms with E-state index >= 15 is 0 Å². The molecule has 9 nitrogen and oxygen atoms in total. The lowest BCUT2D eigenvalue weighted by atomic mass is 10.2. The predicted octanol–water partition coefficient (Wildman–Crippen LogP) is 1.50. The van der Waals surface area contributed by atoms with Gasteiger partial charge in [-0.15, -0.1) is 0 Å². The van der Waals surface area contributed by atoms with Crippen molar-refractivity contribution in [1.82, 2.24) is 34.7 Å². The first-order chi connectivity index (χ1) is 13.4. The molecule has 4 aromatic rings. The minimum absolute atomic E-state index is 0.500. The summed E-state index contributed by atoms with van der Waals surface area (Å²) in [5.74, 6) is 1.30. The molecule has 134 valence electrons. The molecule has 0 N–H and O–H groups in total. The van der Waals surface area contributed by atoms with Crippen LogP contribution in [0, 0.1) is 0 Å². The monoisotopic (exact) mass is 360 g/mol. The van der Waals surface area contributed by atoms with Crippen molar-refractivity contribution < 1.29 is 4.74 Å². The maximum Gasteiger partial charge on any atom is 0.253 e. The second-order valence-corrected chi connectivity index (χ2v) is 6.09.